The molecule has 0 bridgehead atoms. The monoisotopic (exact) mass is 315 g/mol. The van der Waals surface area contributed by atoms with Crippen LogP contribution in [0.4, 0.5) is 5.69 Å². The number of thioether (sulfide) groups is 1. The average Bonchev–Trinajstić information content (AvgIpc) is 2.50. The zero-order chi connectivity index (χ0) is 16.1. The maximum atomic E-state index is 12.3. The van der Waals surface area contributed by atoms with Crippen LogP contribution in [0, 0.1) is 13.8 Å². The molecule has 0 saturated carbocycles. The van der Waals surface area contributed by atoms with Gasteiger partial charge in [0.1, 0.15) is 5.75 Å². The van der Waals surface area contributed by atoms with E-state index in [0.29, 0.717) is 0 Å². The van der Waals surface area contributed by atoms with Crippen LogP contribution in [0.1, 0.15) is 18.1 Å². The molecule has 0 aliphatic carbocycles. The molecule has 2 aromatic carbocycles. The molecule has 1 N–H and O–H groups in total. The molecule has 0 aliphatic heterocycles. The number of rotatable bonds is 5. The van der Waals surface area contributed by atoms with Crippen molar-refractivity contribution < 1.29 is 9.53 Å². The number of anilines is 1. The highest BCUT2D eigenvalue weighted by Gasteiger charge is 2.15. The Balaban J connectivity index is 2.02. The van der Waals surface area contributed by atoms with Crippen LogP contribution < -0.4 is 10.1 Å². The predicted molar refractivity (Wildman–Crippen MR) is 92.9 cm³/mol. The number of carbonyl (C=O) groups excluding carboxylic acids is 1. The Morgan fingerprint density at radius 2 is 1.95 bits per heavy atom. The van der Waals surface area contributed by atoms with E-state index < -0.39 is 0 Å². The second-order valence-electron chi connectivity index (χ2n) is 5.25. The number of nitrogens with one attached hydrogen (secondary N) is 1. The van der Waals surface area contributed by atoms with Crippen LogP contribution in [-0.4, -0.2) is 18.3 Å². The minimum absolute atomic E-state index is 0.0155. The van der Waals surface area contributed by atoms with Crippen LogP contribution >= 0.6 is 11.8 Å². The topological polar surface area (TPSA) is 38.3 Å². The van der Waals surface area contributed by atoms with Crippen molar-refractivity contribution >= 4 is 23.4 Å². The number of carbonyl (C=O) groups is 1. The third kappa shape index (κ3) is 4.28. The van der Waals surface area contributed by atoms with Gasteiger partial charge in [-0.3, -0.25) is 4.79 Å². The van der Waals surface area contributed by atoms with Crippen LogP contribution in [0.25, 0.3) is 0 Å². The Hall–Kier alpha value is -1.94. The molecule has 0 radical (unpaired) electrons. The SMILES string of the molecule is COc1cccc(NC(=O)C(C)Sc2ccc(C)cc2C)c1. The first-order valence-corrected chi connectivity index (χ1v) is 8.06. The normalized spacial score (nSPS) is 11.8. The molecular formula is C18H21NO2S. The van der Waals surface area contributed by atoms with Gasteiger partial charge in [-0.1, -0.05) is 23.8 Å². The van der Waals surface area contributed by atoms with E-state index in [0.717, 1.165) is 16.3 Å². The summed E-state index contributed by atoms with van der Waals surface area (Å²) in [6, 6.07) is 13.7. The van der Waals surface area contributed by atoms with Gasteiger partial charge in [0.25, 0.3) is 0 Å². The van der Waals surface area contributed by atoms with Crippen molar-refractivity contribution in [3.05, 3.63) is 53.6 Å². The number of aryl methyl sites for hydroxylation is 2. The fourth-order valence-electron chi connectivity index (χ4n) is 2.12. The standard InChI is InChI=1S/C18H21NO2S/c1-12-8-9-17(13(2)10-12)22-14(3)18(20)19-15-6-5-7-16(11-15)21-4/h5-11,14H,1-4H3,(H,19,20). The molecule has 116 valence electrons. The van der Waals surface area contributed by atoms with Crippen molar-refractivity contribution in [1.82, 2.24) is 0 Å². The number of hydrogen-bond donors (Lipinski definition) is 1. The van der Waals surface area contributed by atoms with Gasteiger partial charge in [-0.15, -0.1) is 11.8 Å². The number of hydrogen-bond acceptors (Lipinski definition) is 3. The summed E-state index contributed by atoms with van der Waals surface area (Å²) in [5.41, 5.74) is 3.18. The first-order valence-electron chi connectivity index (χ1n) is 7.18. The quantitative estimate of drug-likeness (QED) is 0.829. The highest BCUT2D eigenvalue weighted by atomic mass is 32.2. The first-order chi connectivity index (χ1) is 10.5. The molecule has 0 heterocycles. The summed E-state index contributed by atoms with van der Waals surface area (Å²) in [5, 5.41) is 2.75. The molecule has 0 aromatic heterocycles. The smallest absolute Gasteiger partial charge is 0.237 e. The molecule has 4 heteroatoms. The third-order valence-electron chi connectivity index (χ3n) is 3.34. The van der Waals surface area contributed by atoms with Gasteiger partial charge in [-0.25, -0.2) is 0 Å². The van der Waals surface area contributed by atoms with Gasteiger partial charge in [0.2, 0.25) is 5.91 Å². The predicted octanol–water partition coefficient (Wildman–Crippen LogP) is 4.43. The molecule has 3 nitrogen and oxygen atoms in total. The molecule has 2 aromatic rings. The van der Waals surface area contributed by atoms with Crippen molar-refractivity contribution in [2.75, 3.05) is 12.4 Å². The molecule has 22 heavy (non-hydrogen) atoms. The summed E-state index contributed by atoms with van der Waals surface area (Å²) >= 11 is 1.57. The maximum absolute atomic E-state index is 12.3. The van der Waals surface area contributed by atoms with Crippen LogP contribution in [0.3, 0.4) is 0 Å². The number of ether oxygens (including phenoxy) is 1. The van der Waals surface area contributed by atoms with Gasteiger partial charge in [-0.2, -0.15) is 0 Å². The summed E-state index contributed by atoms with van der Waals surface area (Å²) in [7, 11) is 1.61. The fraction of sp³-hybridized carbons (Fsp3) is 0.278. The molecule has 0 saturated heterocycles. The summed E-state index contributed by atoms with van der Waals surface area (Å²) in [4.78, 5) is 13.5. The van der Waals surface area contributed by atoms with E-state index >= 15 is 0 Å². The lowest BCUT2D eigenvalue weighted by atomic mass is 10.2. The van der Waals surface area contributed by atoms with Crippen molar-refractivity contribution in [3.8, 4) is 5.75 Å². The lowest BCUT2D eigenvalue weighted by molar-refractivity contribution is -0.115. The van der Waals surface area contributed by atoms with Crippen molar-refractivity contribution in [1.29, 1.82) is 0 Å². The van der Waals surface area contributed by atoms with E-state index in [1.807, 2.05) is 31.2 Å². The molecule has 1 amide bonds. The Kier molecular flexibility index (Phi) is 5.50. The van der Waals surface area contributed by atoms with Crippen LogP contribution in [-0.2, 0) is 4.79 Å². The number of benzene rings is 2. The van der Waals surface area contributed by atoms with Crippen molar-refractivity contribution in [2.24, 2.45) is 0 Å². The Morgan fingerprint density at radius 1 is 1.18 bits per heavy atom. The van der Waals surface area contributed by atoms with Crippen LogP contribution in [0.2, 0.25) is 0 Å². The van der Waals surface area contributed by atoms with Gasteiger partial charge in [-0.05, 0) is 44.5 Å². The summed E-state index contributed by atoms with van der Waals surface area (Å²) in [5.74, 6) is 0.714. The fourth-order valence-corrected chi connectivity index (χ4v) is 3.06. The minimum Gasteiger partial charge on any atom is -0.497 e. The second-order valence-corrected chi connectivity index (χ2v) is 6.63. The lowest BCUT2D eigenvalue weighted by Crippen LogP contribution is -2.22. The highest BCUT2D eigenvalue weighted by Crippen LogP contribution is 2.28. The maximum Gasteiger partial charge on any atom is 0.237 e. The Labute approximate surface area is 136 Å². The van der Waals surface area contributed by atoms with E-state index in [1.54, 1.807) is 18.9 Å². The zero-order valence-corrected chi connectivity index (χ0v) is 14.2. The molecular weight excluding hydrogens is 294 g/mol. The first kappa shape index (κ1) is 16.4. The van der Waals surface area contributed by atoms with E-state index in [-0.39, 0.29) is 11.2 Å². The molecule has 1 atom stereocenters. The Morgan fingerprint density at radius 3 is 2.64 bits per heavy atom. The van der Waals surface area contributed by atoms with Crippen LogP contribution in [0.5, 0.6) is 5.75 Å². The van der Waals surface area contributed by atoms with Crippen molar-refractivity contribution in [3.63, 3.8) is 0 Å². The second kappa shape index (κ2) is 7.36. The van der Waals surface area contributed by atoms with Gasteiger partial charge in [0.05, 0.1) is 12.4 Å². The minimum atomic E-state index is -0.174. The van der Waals surface area contributed by atoms with E-state index in [4.69, 9.17) is 4.74 Å². The molecule has 2 rings (SSSR count). The van der Waals surface area contributed by atoms with Gasteiger partial charge in [0.15, 0.2) is 0 Å². The van der Waals surface area contributed by atoms with Crippen molar-refractivity contribution in [2.45, 2.75) is 30.9 Å². The summed E-state index contributed by atoms with van der Waals surface area (Å²) in [6.07, 6.45) is 0. The van der Waals surface area contributed by atoms with Crippen LogP contribution in [0.15, 0.2) is 47.4 Å². The number of methoxy groups -OCH3 is 1. The van der Waals surface area contributed by atoms with Gasteiger partial charge >= 0.3 is 0 Å². The molecule has 0 aliphatic rings. The summed E-state index contributed by atoms with van der Waals surface area (Å²) < 4.78 is 5.16. The largest absolute Gasteiger partial charge is 0.497 e. The number of amides is 1. The summed E-state index contributed by atoms with van der Waals surface area (Å²) in [6.45, 7) is 6.06. The zero-order valence-electron chi connectivity index (χ0n) is 13.3. The molecule has 0 spiro atoms. The van der Waals surface area contributed by atoms with E-state index in [9.17, 15) is 4.79 Å². The third-order valence-corrected chi connectivity index (χ3v) is 4.62. The molecule has 0 fully saturated rings. The van der Waals surface area contributed by atoms with Gasteiger partial charge in [0, 0.05) is 16.6 Å². The van der Waals surface area contributed by atoms with Gasteiger partial charge < -0.3 is 10.1 Å². The average molecular weight is 315 g/mol. The van der Waals surface area contributed by atoms with E-state index in [1.165, 1.54) is 11.1 Å². The molecule has 1 unspecified atom stereocenters. The van der Waals surface area contributed by atoms with E-state index in [2.05, 4.69) is 37.4 Å². The Bertz CT molecular complexity index is 670. The lowest BCUT2D eigenvalue weighted by Gasteiger charge is -2.14. The highest BCUT2D eigenvalue weighted by molar-refractivity contribution is 8.00.